The van der Waals surface area contributed by atoms with Crippen molar-refractivity contribution < 1.29 is 9.53 Å². The molecule has 1 aliphatic rings. The molecule has 0 spiro atoms. The summed E-state index contributed by atoms with van der Waals surface area (Å²) < 4.78 is 5.53. The Balaban J connectivity index is 1.76. The van der Waals surface area contributed by atoms with E-state index in [9.17, 15) is 4.79 Å². The number of hydrogen-bond donors (Lipinski definition) is 3. The second kappa shape index (κ2) is 10.8. The summed E-state index contributed by atoms with van der Waals surface area (Å²) in [6.45, 7) is 10.3. The molecule has 2 rings (SSSR count). The Hall–Kier alpha value is -2.24. The minimum Gasteiger partial charge on any atom is -0.484 e. The first-order chi connectivity index (χ1) is 13.0. The highest BCUT2D eigenvalue weighted by molar-refractivity contribution is 5.80. The van der Waals surface area contributed by atoms with Crippen molar-refractivity contribution in [3.63, 3.8) is 0 Å². The number of nitrogens with one attached hydrogen (secondary N) is 3. The van der Waals surface area contributed by atoms with Crippen LogP contribution in [0.5, 0.6) is 5.75 Å². The molecule has 1 saturated carbocycles. The maximum Gasteiger partial charge on any atom is 0.258 e. The average Bonchev–Trinajstić information content (AvgIpc) is 3.45. The Labute approximate surface area is 163 Å². The molecule has 150 valence electrons. The molecule has 1 atom stereocenters. The smallest absolute Gasteiger partial charge is 0.258 e. The van der Waals surface area contributed by atoms with Crippen molar-refractivity contribution >= 4 is 11.9 Å². The Morgan fingerprint density at radius 3 is 2.52 bits per heavy atom. The molecule has 6 heteroatoms. The number of benzene rings is 1. The molecule has 0 bridgehead atoms. The van der Waals surface area contributed by atoms with E-state index in [1.54, 1.807) is 0 Å². The highest BCUT2D eigenvalue weighted by atomic mass is 16.5. The summed E-state index contributed by atoms with van der Waals surface area (Å²) in [4.78, 5) is 16.3. The number of guanidine groups is 1. The quantitative estimate of drug-likeness (QED) is 0.434. The van der Waals surface area contributed by atoms with Gasteiger partial charge in [0.15, 0.2) is 12.6 Å². The summed E-state index contributed by atoms with van der Waals surface area (Å²) in [6.07, 6.45) is 3.03. The third-order valence-corrected chi connectivity index (χ3v) is 4.61. The van der Waals surface area contributed by atoms with E-state index < -0.39 is 0 Å². The van der Waals surface area contributed by atoms with E-state index in [4.69, 9.17) is 4.74 Å². The summed E-state index contributed by atoms with van der Waals surface area (Å²) in [7, 11) is 0. The minimum absolute atomic E-state index is 0.0463. The molecule has 0 aliphatic heterocycles. The maximum atomic E-state index is 11.6. The van der Waals surface area contributed by atoms with Crippen molar-refractivity contribution in [1.82, 2.24) is 16.0 Å². The Bertz CT molecular complexity index is 609. The lowest BCUT2D eigenvalue weighted by molar-refractivity contribution is -0.123. The number of hydrogen-bond acceptors (Lipinski definition) is 3. The van der Waals surface area contributed by atoms with Gasteiger partial charge < -0.3 is 20.7 Å². The maximum absolute atomic E-state index is 11.6. The molecule has 0 heterocycles. The van der Waals surface area contributed by atoms with Crippen LogP contribution in [0.1, 0.15) is 46.1 Å². The van der Waals surface area contributed by atoms with Gasteiger partial charge in [-0.3, -0.25) is 9.79 Å². The van der Waals surface area contributed by atoms with Crippen molar-refractivity contribution in [2.45, 2.75) is 59.0 Å². The summed E-state index contributed by atoms with van der Waals surface area (Å²) >= 11 is 0. The van der Waals surface area contributed by atoms with E-state index >= 15 is 0 Å². The van der Waals surface area contributed by atoms with Gasteiger partial charge in [-0.25, -0.2) is 0 Å². The van der Waals surface area contributed by atoms with E-state index in [-0.39, 0.29) is 12.5 Å². The SMILES string of the molecule is CCNC(=NCCc1ccc(OCC(=O)NC2CC2)cc1)NC(C)C(C)C. The van der Waals surface area contributed by atoms with Gasteiger partial charge >= 0.3 is 0 Å². The molecule has 1 amide bonds. The molecule has 1 aromatic rings. The lowest BCUT2D eigenvalue weighted by atomic mass is 10.1. The van der Waals surface area contributed by atoms with Crippen LogP contribution in [0.3, 0.4) is 0 Å². The number of rotatable bonds is 10. The van der Waals surface area contributed by atoms with Crippen LogP contribution in [0.25, 0.3) is 0 Å². The van der Waals surface area contributed by atoms with Gasteiger partial charge in [0.25, 0.3) is 5.91 Å². The van der Waals surface area contributed by atoms with E-state index in [2.05, 4.69) is 48.6 Å². The molecule has 0 aromatic heterocycles. The fourth-order valence-corrected chi connectivity index (χ4v) is 2.40. The third-order valence-electron chi connectivity index (χ3n) is 4.61. The second-order valence-corrected chi connectivity index (χ2v) is 7.46. The molecule has 0 saturated heterocycles. The largest absolute Gasteiger partial charge is 0.484 e. The monoisotopic (exact) mass is 374 g/mol. The molecule has 1 aromatic carbocycles. The van der Waals surface area contributed by atoms with Crippen molar-refractivity contribution in [1.29, 1.82) is 0 Å². The second-order valence-electron chi connectivity index (χ2n) is 7.46. The van der Waals surface area contributed by atoms with Crippen LogP contribution in [-0.2, 0) is 11.2 Å². The zero-order chi connectivity index (χ0) is 19.6. The van der Waals surface area contributed by atoms with Crippen molar-refractivity contribution in [3.8, 4) is 5.75 Å². The standard InChI is InChI=1S/C21H34N4O2/c1-5-22-21(24-16(4)15(2)3)23-13-12-17-6-10-19(11-7-17)27-14-20(26)25-18-8-9-18/h6-7,10-11,15-16,18H,5,8-9,12-14H2,1-4H3,(H,25,26)(H2,22,23,24). The van der Waals surface area contributed by atoms with Gasteiger partial charge in [-0.15, -0.1) is 0 Å². The number of ether oxygens (including phenoxy) is 1. The van der Waals surface area contributed by atoms with Crippen LogP contribution in [-0.4, -0.2) is 43.6 Å². The third kappa shape index (κ3) is 8.33. The van der Waals surface area contributed by atoms with Gasteiger partial charge in [-0.2, -0.15) is 0 Å². The first kappa shape index (κ1) is 21.1. The fraction of sp³-hybridized carbons (Fsp3) is 0.619. The molecule has 1 unspecified atom stereocenters. The van der Waals surface area contributed by atoms with Gasteiger partial charge in [-0.1, -0.05) is 26.0 Å². The lowest BCUT2D eigenvalue weighted by Gasteiger charge is -2.20. The van der Waals surface area contributed by atoms with Crippen molar-refractivity contribution in [2.75, 3.05) is 19.7 Å². The minimum atomic E-state index is -0.0463. The predicted octanol–water partition coefficient (Wildman–Crippen LogP) is 2.49. The number of carbonyl (C=O) groups excluding carboxylic acids is 1. The zero-order valence-corrected chi connectivity index (χ0v) is 17.0. The highest BCUT2D eigenvalue weighted by Gasteiger charge is 2.23. The Kier molecular flexibility index (Phi) is 8.43. The van der Waals surface area contributed by atoms with Crippen LogP contribution < -0.4 is 20.7 Å². The van der Waals surface area contributed by atoms with Gasteiger partial charge in [0.1, 0.15) is 5.75 Å². The van der Waals surface area contributed by atoms with E-state index in [1.165, 1.54) is 5.56 Å². The predicted molar refractivity (Wildman–Crippen MR) is 110 cm³/mol. The van der Waals surface area contributed by atoms with Crippen LogP contribution in [0.2, 0.25) is 0 Å². The molecular formula is C21H34N4O2. The van der Waals surface area contributed by atoms with Crippen LogP contribution in [0, 0.1) is 5.92 Å². The van der Waals surface area contributed by atoms with E-state index in [1.807, 2.05) is 24.3 Å². The molecule has 6 nitrogen and oxygen atoms in total. The summed E-state index contributed by atoms with van der Waals surface area (Å²) in [5.41, 5.74) is 1.20. The van der Waals surface area contributed by atoms with Crippen LogP contribution in [0.15, 0.2) is 29.3 Å². The first-order valence-electron chi connectivity index (χ1n) is 10.0. The Morgan fingerprint density at radius 2 is 1.93 bits per heavy atom. The number of amides is 1. The first-order valence-corrected chi connectivity index (χ1v) is 10.0. The average molecular weight is 375 g/mol. The van der Waals surface area contributed by atoms with Crippen molar-refractivity contribution in [3.05, 3.63) is 29.8 Å². The van der Waals surface area contributed by atoms with Gasteiger partial charge in [0.05, 0.1) is 0 Å². The van der Waals surface area contributed by atoms with Gasteiger partial charge in [0.2, 0.25) is 0 Å². The zero-order valence-electron chi connectivity index (χ0n) is 17.0. The molecular weight excluding hydrogens is 340 g/mol. The molecule has 0 radical (unpaired) electrons. The molecule has 1 aliphatic carbocycles. The molecule has 3 N–H and O–H groups in total. The number of aliphatic imine (C=N–C) groups is 1. The topological polar surface area (TPSA) is 74.8 Å². The molecule has 1 fully saturated rings. The Morgan fingerprint density at radius 1 is 1.22 bits per heavy atom. The normalized spacial score (nSPS) is 15.4. The molecule has 27 heavy (non-hydrogen) atoms. The lowest BCUT2D eigenvalue weighted by Crippen LogP contribution is -2.44. The fourth-order valence-electron chi connectivity index (χ4n) is 2.40. The summed E-state index contributed by atoms with van der Waals surface area (Å²) in [6, 6.07) is 8.62. The highest BCUT2D eigenvalue weighted by Crippen LogP contribution is 2.18. The number of nitrogens with zero attached hydrogens (tertiary/aromatic N) is 1. The summed E-state index contributed by atoms with van der Waals surface area (Å²) in [5, 5.41) is 9.64. The van der Waals surface area contributed by atoms with E-state index in [0.717, 1.165) is 31.8 Å². The van der Waals surface area contributed by atoms with Crippen molar-refractivity contribution in [2.24, 2.45) is 10.9 Å². The van der Waals surface area contributed by atoms with Crippen LogP contribution in [0.4, 0.5) is 0 Å². The van der Waals surface area contributed by atoms with Gasteiger partial charge in [-0.05, 0) is 56.7 Å². The van der Waals surface area contributed by atoms with E-state index in [0.29, 0.717) is 30.3 Å². The summed E-state index contributed by atoms with van der Waals surface area (Å²) in [5.74, 6) is 2.08. The van der Waals surface area contributed by atoms with Gasteiger partial charge in [0, 0.05) is 25.2 Å². The van der Waals surface area contributed by atoms with Crippen LogP contribution >= 0.6 is 0 Å². The number of carbonyl (C=O) groups is 1.